The molecule has 0 radical (unpaired) electrons. The van der Waals surface area contributed by atoms with E-state index >= 15 is 0 Å². The number of carbonyl (C=O) groups is 1. The Morgan fingerprint density at radius 3 is 2.27 bits per heavy atom. The average Bonchev–Trinajstić information content (AvgIpc) is 2.15. The first-order valence-electron chi connectivity index (χ1n) is 3.66. The molecule has 15 heavy (non-hydrogen) atoms. The Bertz CT molecular complexity index is 374. The predicted molar refractivity (Wildman–Crippen MR) is 39.6 cm³/mol. The van der Waals surface area contributed by atoms with Crippen LogP contribution in [0.3, 0.4) is 0 Å². The van der Waals surface area contributed by atoms with Crippen LogP contribution in [0.25, 0.3) is 0 Å². The lowest BCUT2D eigenvalue weighted by atomic mass is 10.1. The monoisotopic (exact) mass is 225 g/mol. The molecule has 82 valence electrons. The molecule has 0 bridgehead atoms. The van der Waals surface area contributed by atoms with E-state index in [2.05, 4.69) is 4.98 Å². The van der Waals surface area contributed by atoms with Crippen molar-refractivity contribution in [2.75, 3.05) is 0 Å². The maximum Gasteiger partial charge on any atom is 0.418 e. The van der Waals surface area contributed by atoms with Crippen LogP contribution in [0.15, 0.2) is 12.4 Å². The van der Waals surface area contributed by atoms with Gasteiger partial charge in [-0.25, -0.2) is 8.78 Å². The molecule has 1 aromatic rings. The maximum atomic E-state index is 12.3. The van der Waals surface area contributed by atoms with Gasteiger partial charge in [0.1, 0.15) is 0 Å². The topological polar surface area (TPSA) is 30.0 Å². The molecule has 2 nitrogen and oxygen atoms in total. The van der Waals surface area contributed by atoms with Crippen molar-refractivity contribution in [1.82, 2.24) is 4.98 Å². The third-order valence-electron chi connectivity index (χ3n) is 1.67. The number of rotatable bonds is 2. The zero-order valence-corrected chi connectivity index (χ0v) is 7.05. The standard InChI is InChI=1S/C8H4F5NO/c9-7(10)6-4(3-15)1-14-2-5(6)8(11,12)13/h1-3,7H. The second-order valence-corrected chi connectivity index (χ2v) is 2.61. The van der Waals surface area contributed by atoms with Crippen molar-refractivity contribution >= 4 is 6.29 Å². The molecule has 0 saturated carbocycles. The third-order valence-corrected chi connectivity index (χ3v) is 1.67. The van der Waals surface area contributed by atoms with Crippen molar-refractivity contribution in [3.8, 4) is 0 Å². The summed E-state index contributed by atoms with van der Waals surface area (Å²) in [6.07, 6.45) is -7.45. The van der Waals surface area contributed by atoms with Gasteiger partial charge in [-0.3, -0.25) is 9.78 Å². The van der Waals surface area contributed by atoms with E-state index in [9.17, 15) is 26.7 Å². The Labute approximate surface area is 80.7 Å². The number of hydrogen-bond donors (Lipinski definition) is 0. The molecule has 0 spiro atoms. The van der Waals surface area contributed by atoms with Crippen molar-refractivity contribution in [1.29, 1.82) is 0 Å². The number of hydrogen-bond acceptors (Lipinski definition) is 2. The van der Waals surface area contributed by atoms with Crippen LogP contribution in [0.5, 0.6) is 0 Å². The molecular formula is C8H4F5NO. The Kier molecular flexibility index (Phi) is 3.01. The number of nitrogens with zero attached hydrogens (tertiary/aromatic N) is 1. The summed E-state index contributed by atoms with van der Waals surface area (Å²) in [5, 5.41) is 0. The number of alkyl halides is 5. The van der Waals surface area contributed by atoms with Gasteiger partial charge in [-0.1, -0.05) is 0 Å². The second-order valence-electron chi connectivity index (χ2n) is 2.61. The summed E-state index contributed by atoms with van der Waals surface area (Å²) in [7, 11) is 0. The molecule has 0 N–H and O–H groups in total. The molecule has 0 amide bonds. The SMILES string of the molecule is O=Cc1cncc(C(F)(F)F)c1C(F)F. The van der Waals surface area contributed by atoms with Gasteiger partial charge in [0.15, 0.2) is 6.29 Å². The fraction of sp³-hybridized carbons (Fsp3) is 0.250. The van der Waals surface area contributed by atoms with Crippen LogP contribution in [0.2, 0.25) is 0 Å². The van der Waals surface area contributed by atoms with Crippen molar-refractivity contribution in [2.45, 2.75) is 12.6 Å². The summed E-state index contributed by atoms with van der Waals surface area (Å²) in [4.78, 5) is 13.4. The Hall–Kier alpha value is -1.53. The summed E-state index contributed by atoms with van der Waals surface area (Å²) in [5.41, 5.74) is -3.66. The smallest absolute Gasteiger partial charge is 0.298 e. The average molecular weight is 225 g/mol. The quantitative estimate of drug-likeness (QED) is 0.572. The third kappa shape index (κ3) is 2.28. The molecule has 0 saturated heterocycles. The van der Waals surface area contributed by atoms with E-state index < -0.39 is 29.3 Å². The van der Waals surface area contributed by atoms with Gasteiger partial charge in [0.05, 0.1) is 5.56 Å². The van der Waals surface area contributed by atoms with Crippen LogP contribution in [-0.2, 0) is 6.18 Å². The van der Waals surface area contributed by atoms with E-state index in [0.29, 0.717) is 6.20 Å². The molecule has 0 fully saturated rings. The first kappa shape index (κ1) is 11.5. The second kappa shape index (κ2) is 3.92. The minimum atomic E-state index is -4.95. The number of aromatic nitrogens is 1. The highest BCUT2D eigenvalue weighted by Gasteiger charge is 2.37. The number of carbonyl (C=O) groups excluding carboxylic acids is 1. The van der Waals surface area contributed by atoms with Crippen LogP contribution in [-0.4, -0.2) is 11.3 Å². The lowest BCUT2D eigenvalue weighted by Crippen LogP contribution is -2.12. The van der Waals surface area contributed by atoms with Gasteiger partial charge < -0.3 is 0 Å². The van der Waals surface area contributed by atoms with Crippen molar-refractivity contribution in [3.63, 3.8) is 0 Å². The Morgan fingerprint density at radius 1 is 1.27 bits per heavy atom. The van der Waals surface area contributed by atoms with E-state index in [1.807, 2.05) is 0 Å². The summed E-state index contributed by atoms with van der Waals surface area (Å²) in [6, 6.07) is 0. The largest absolute Gasteiger partial charge is 0.418 e. The predicted octanol–water partition coefficient (Wildman–Crippen LogP) is 2.85. The molecule has 1 aromatic heterocycles. The van der Waals surface area contributed by atoms with Crippen LogP contribution in [0.4, 0.5) is 22.0 Å². The molecule has 7 heteroatoms. The molecule has 0 aliphatic carbocycles. The van der Waals surface area contributed by atoms with Crippen LogP contribution >= 0.6 is 0 Å². The number of pyridine rings is 1. The van der Waals surface area contributed by atoms with Crippen molar-refractivity contribution < 1.29 is 26.7 Å². The van der Waals surface area contributed by atoms with Gasteiger partial charge >= 0.3 is 6.18 Å². The maximum absolute atomic E-state index is 12.3. The highest BCUT2D eigenvalue weighted by Crippen LogP contribution is 2.36. The number of halogens is 5. The highest BCUT2D eigenvalue weighted by atomic mass is 19.4. The van der Waals surface area contributed by atoms with Crippen LogP contribution in [0.1, 0.15) is 27.9 Å². The van der Waals surface area contributed by atoms with E-state index in [-0.39, 0.29) is 12.5 Å². The van der Waals surface area contributed by atoms with Gasteiger partial charge in [-0.15, -0.1) is 0 Å². The van der Waals surface area contributed by atoms with Gasteiger partial charge in [-0.2, -0.15) is 13.2 Å². The van der Waals surface area contributed by atoms with Crippen molar-refractivity contribution in [3.05, 3.63) is 29.1 Å². The highest BCUT2D eigenvalue weighted by molar-refractivity contribution is 5.77. The molecule has 1 rings (SSSR count). The first-order valence-corrected chi connectivity index (χ1v) is 3.66. The normalized spacial score (nSPS) is 11.9. The molecule has 1 heterocycles. The minimum absolute atomic E-state index is 0.0796. The molecule has 0 atom stereocenters. The fourth-order valence-corrected chi connectivity index (χ4v) is 1.05. The Morgan fingerprint density at radius 2 is 1.87 bits per heavy atom. The summed E-state index contributed by atoms with van der Waals surface area (Å²) >= 11 is 0. The van der Waals surface area contributed by atoms with Gasteiger partial charge in [0.25, 0.3) is 6.43 Å². The molecule has 0 unspecified atom stereocenters. The van der Waals surface area contributed by atoms with Gasteiger partial charge in [0, 0.05) is 23.5 Å². The van der Waals surface area contributed by atoms with Crippen LogP contribution < -0.4 is 0 Å². The molecular weight excluding hydrogens is 221 g/mol. The van der Waals surface area contributed by atoms with E-state index in [1.165, 1.54) is 0 Å². The fourth-order valence-electron chi connectivity index (χ4n) is 1.05. The zero-order chi connectivity index (χ0) is 11.6. The number of aldehydes is 1. The van der Waals surface area contributed by atoms with Crippen LogP contribution in [0, 0.1) is 0 Å². The Balaban J connectivity index is 3.45. The molecule has 0 aromatic carbocycles. The first-order chi connectivity index (χ1) is 6.88. The lowest BCUT2D eigenvalue weighted by Gasteiger charge is -2.12. The lowest BCUT2D eigenvalue weighted by molar-refractivity contribution is -0.139. The van der Waals surface area contributed by atoms with E-state index in [4.69, 9.17) is 0 Å². The van der Waals surface area contributed by atoms with E-state index in [1.54, 1.807) is 0 Å². The minimum Gasteiger partial charge on any atom is -0.298 e. The zero-order valence-electron chi connectivity index (χ0n) is 7.05. The van der Waals surface area contributed by atoms with E-state index in [0.717, 1.165) is 0 Å². The molecule has 0 aliphatic heterocycles. The summed E-state index contributed by atoms with van der Waals surface area (Å²) in [5.74, 6) is 0. The van der Waals surface area contributed by atoms with Crippen molar-refractivity contribution in [2.24, 2.45) is 0 Å². The summed E-state index contributed by atoms with van der Waals surface area (Å²) in [6.45, 7) is 0. The van der Waals surface area contributed by atoms with Gasteiger partial charge in [0.2, 0.25) is 0 Å². The summed E-state index contributed by atoms with van der Waals surface area (Å²) < 4.78 is 61.3. The molecule has 0 aliphatic rings. The van der Waals surface area contributed by atoms with Gasteiger partial charge in [-0.05, 0) is 0 Å².